The van der Waals surface area contributed by atoms with Crippen molar-refractivity contribution < 1.29 is 9.53 Å². The fourth-order valence-electron chi connectivity index (χ4n) is 2.18. The molecule has 0 unspecified atom stereocenters. The Hall–Kier alpha value is -2.40. The van der Waals surface area contributed by atoms with Gasteiger partial charge in [-0.15, -0.1) is 0 Å². The first-order chi connectivity index (χ1) is 10.6. The number of amides is 1. The van der Waals surface area contributed by atoms with E-state index in [1.54, 1.807) is 30.3 Å². The molecule has 0 radical (unpaired) electrons. The molecule has 0 aliphatic rings. The van der Waals surface area contributed by atoms with E-state index >= 15 is 0 Å². The Morgan fingerprint density at radius 2 is 2.14 bits per heavy atom. The van der Waals surface area contributed by atoms with Crippen molar-refractivity contribution in [2.45, 2.75) is 13.5 Å². The van der Waals surface area contributed by atoms with E-state index in [1.165, 1.54) is 0 Å². The van der Waals surface area contributed by atoms with Crippen molar-refractivity contribution >= 4 is 11.6 Å². The Balaban J connectivity index is 2.24. The van der Waals surface area contributed by atoms with E-state index in [0.717, 1.165) is 11.3 Å². The van der Waals surface area contributed by atoms with Crippen molar-refractivity contribution in [1.82, 2.24) is 9.88 Å². The molecule has 0 fully saturated rings. The Kier molecular flexibility index (Phi) is 5.49. The molecule has 5 nitrogen and oxygen atoms in total. The Labute approximate surface area is 130 Å². The van der Waals surface area contributed by atoms with Crippen LogP contribution in [-0.4, -0.2) is 36.1 Å². The maximum absolute atomic E-state index is 12.8. The first-order valence-electron chi connectivity index (χ1n) is 7.16. The van der Waals surface area contributed by atoms with Gasteiger partial charge in [-0.2, -0.15) is 0 Å². The average molecular weight is 299 g/mol. The maximum atomic E-state index is 12.8. The van der Waals surface area contributed by atoms with Crippen LogP contribution in [0.3, 0.4) is 0 Å². The van der Waals surface area contributed by atoms with Crippen molar-refractivity contribution in [2.75, 3.05) is 26.0 Å². The first kappa shape index (κ1) is 16.0. The molecule has 1 aromatic heterocycles. The van der Waals surface area contributed by atoms with Crippen LogP contribution in [0, 0.1) is 6.92 Å². The van der Waals surface area contributed by atoms with E-state index in [0.29, 0.717) is 30.9 Å². The van der Waals surface area contributed by atoms with Crippen LogP contribution >= 0.6 is 0 Å². The molecule has 116 valence electrons. The van der Waals surface area contributed by atoms with Crippen LogP contribution in [-0.2, 0) is 11.3 Å². The third-order valence-corrected chi connectivity index (χ3v) is 3.42. The smallest absolute Gasteiger partial charge is 0.254 e. The molecule has 0 saturated carbocycles. The Bertz CT molecular complexity index is 629. The first-order valence-corrected chi connectivity index (χ1v) is 7.16. The lowest BCUT2D eigenvalue weighted by Crippen LogP contribution is -2.34. The van der Waals surface area contributed by atoms with Gasteiger partial charge in [-0.05, 0) is 36.8 Å². The standard InChI is InChI=1S/C17H21N3O2/c1-13-6-7-14(18)11-16(13)17(21)20(9-10-22-2)12-15-5-3-4-8-19-15/h3-8,11H,9-10,12,18H2,1-2H3. The summed E-state index contributed by atoms with van der Waals surface area (Å²) in [7, 11) is 1.62. The minimum absolute atomic E-state index is 0.0625. The molecular formula is C17H21N3O2. The van der Waals surface area contributed by atoms with Gasteiger partial charge in [0.1, 0.15) is 0 Å². The molecule has 1 aromatic carbocycles. The zero-order valence-electron chi connectivity index (χ0n) is 13.0. The summed E-state index contributed by atoms with van der Waals surface area (Å²) in [6.07, 6.45) is 1.72. The third kappa shape index (κ3) is 4.05. The number of pyridine rings is 1. The Morgan fingerprint density at radius 1 is 1.32 bits per heavy atom. The van der Waals surface area contributed by atoms with Crippen LogP contribution in [0.1, 0.15) is 21.6 Å². The van der Waals surface area contributed by atoms with Crippen LogP contribution in [0.4, 0.5) is 5.69 Å². The molecule has 1 amide bonds. The molecule has 0 atom stereocenters. The number of anilines is 1. The lowest BCUT2D eigenvalue weighted by molar-refractivity contribution is 0.0677. The molecule has 0 spiro atoms. The minimum Gasteiger partial charge on any atom is -0.399 e. The summed E-state index contributed by atoms with van der Waals surface area (Å²) in [4.78, 5) is 18.8. The molecule has 0 saturated heterocycles. The number of hydrogen-bond acceptors (Lipinski definition) is 4. The second kappa shape index (κ2) is 7.56. The number of carbonyl (C=O) groups is 1. The number of ether oxygens (including phenoxy) is 1. The van der Waals surface area contributed by atoms with E-state index in [1.807, 2.05) is 31.2 Å². The molecule has 2 aromatic rings. The van der Waals surface area contributed by atoms with Crippen molar-refractivity contribution in [1.29, 1.82) is 0 Å². The summed E-state index contributed by atoms with van der Waals surface area (Å²) in [5, 5.41) is 0. The quantitative estimate of drug-likeness (QED) is 0.831. The van der Waals surface area contributed by atoms with Crippen LogP contribution < -0.4 is 5.73 Å². The van der Waals surface area contributed by atoms with E-state index in [4.69, 9.17) is 10.5 Å². The predicted molar refractivity (Wildman–Crippen MR) is 86.4 cm³/mol. The van der Waals surface area contributed by atoms with E-state index in [2.05, 4.69) is 4.98 Å². The summed E-state index contributed by atoms with van der Waals surface area (Å²) in [5.74, 6) is -0.0625. The summed E-state index contributed by atoms with van der Waals surface area (Å²) in [6, 6.07) is 11.0. The van der Waals surface area contributed by atoms with Gasteiger partial charge < -0.3 is 15.4 Å². The predicted octanol–water partition coefficient (Wildman–Crippen LogP) is 2.26. The molecular weight excluding hydrogens is 278 g/mol. The van der Waals surface area contributed by atoms with E-state index < -0.39 is 0 Å². The molecule has 0 aliphatic heterocycles. The molecule has 1 heterocycles. The minimum atomic E-state index is -0.0625. The van der Waals surface area contributed by atoms with Gasteiger partial charge in [-0.25, -0.2) is 0 Å². The Morgan fingerprint density at radius 3 is 2.82 bits per heavy atom. The zero-order valence-corrected chi connectivity index (χ0v) is 13.0. The number of aromatic nitrogens is 1. The number of benzene rings is 1. The molecule has 5 heteroatoms. The van der Waals surface area contributed by atoms with Crippen LogP contribution in [0.5, 0.6) is 0 Å². The van der Waals surface area contributed by atoms with E-state index in [9.17, 15) is 4.79 Å². The lowest BCUT2D eigenvalue weighted by atomic mass is 10.1. The third-order valence-electron chi connectivity index (χ3n) is 3.42. The number of carbonyl (C=O) groups excluding carboxylic acids is 1. The number of nitrogens with zero attached hydrogens (tertiary/aromatic N) is 2. The van der Waals surface area contributed by atoms with Gasteiger partial charge in [-0.3, -0.25) is 9.78 Å². The summed E-state index contributed by atoms with van der Waals surface area (Å²) in [6.45, 7) is 3.32. The van der Waals surface area contributed by atoms with Crippen molar-refractivity contribution in [2.24, 2.45) is 0 Å². The van der Waals surface area contributed by atoms with Gasteiger partial charge >= 0.3 is 0 Å². The van der Waals surface area contributed by atoms with Gasteiger partial charge in [0.05, 0.1) is 18.8 Å². The molecule has 2 rings (SSSR count). The van der Waals surface area contributed by atoms with Crippen molar-refractivity contribution in [3.63, 3.8) is 0 Å². The number of rotatable bonds is 6. The molecule has 2 N–H and O–H groups in total. The van der Waals surface area contributed by atoms with Crippen LogP contribution in [0.15, 0.2) is 42.6 Å². The normalized spacial score (nSPS) is 10.5. The summed E-state index contributed by atoms with van der Waals surface area (Å²) < 4.78 is 5.11. The number of hydrogen-bond donors (Lipinski definition) is 1. The second-order valence-corrected chi connectivity index (χ2v) is 5.11. The van der Waals surface area contributed by atoms with Gasteiger partial charge in [0, 0.05) is 31.1 Å². The van der Waals surface area contributed by atoms with Crippen molar-refractivity contribution in [3.8, 4) is 0 Å². The maximum Gasteiger partial charge on any atom is 0.254 e. The molecule has 0 bridgehead atoms. The highest BCUT2D eigenvalue weighted by Gasteiger charge is 2.18. The van der Waals surface area contributed by atoms with Gasteiger partial charge in [0.25, 0.3) is 5.91 Å². The van der Waals surface area contributed by atoms with Crippen LogP contribution in [0.25, 0.3) is 0 Å². The van der Waals surface area contributed by atoms with E-state index in [-0.39, 0.29) is 5.91 Å². The monoisotopic (exact) mass is 299 g/mol. The highest BCUT2D eigenvalue weighted by Crippen LogP contribution is 2.16. The fourth-order valence-corrected chi connectivity index (χ4v) is 2.18. The highest BCUT2D eigenvalue weighted by atomic mass is 16.5. The number of nitrogens with two attached hydrogens (primary N) is 1. The number of nitrogen functional groups attached to an aromatic ring is 1. The fraction of sp³-hybridized carbons (Fsp3) is 0.294. The number of methoxy groups -OCH3 is 1. The SMILES string of the molecule is COCCN(Cc1ccccn1)C(=O)c1cc(N)ccc1C. The molecule has 22 heavy (non-hydrogen) atoms. The summed E-state index contributed by atoms with van der Waals surface area (Å²) in [5.41, 5.74) is 8.76. The number of aryl methyl sites for hydroxylation is 1. The topological polar surface area (TPSA) is 68.5 Å². The van der Waals surface area contributed by atoms with Gasteiger partial charge in [0.2, 0.25) is 0 Å². The highest BCUT2D eigenvalue weighted by molar-refractivity contribution is 5.96. The average Bonchev–Trinajstić information content (AvgIpc) is 2.54. The zero-order chi connectivity index (χ0) is 15.9. The second-order valence-electron chi connectivity index (χ2n) is 5.11. The van der Waals surface area contributed by atoms with Crippen LogP contribution in [0.2, 0.25) is 0 Å². The summed E-state index contributed by atoms with van der Waals surface area (Å²) >= 11 is 0. The molecule has 0 aliphatic carbocycles. The lowest BCUT2D eigenvalue weighted by Gasteiger charge is -2.23. The van der Waals surface area contributed by atoms with Crippen molar-refractivity contribution in [3.05, 3.63) is 59.4 Å². The largest absolute Gasteiger partial charge is 0.399 e. The van der Waals surface area contributed by atoms with Gasteiger partial charge in [-0.1, -0.05) is 12.1 Å². The van der Waals surface area contributed by atoms with Gasteiger partial charge in [0.15, 0.2) is 0 Å².